The van der Waals surface area contributed by atoms with E-state index in [9.17, 15) is 4.79 Å². The average Bonchev–Trinajstić information content (AvgIpc) is 2.96. The first-order chi connectivity index (χ1) is 11.7. The second kappa shape index (κ2) is 7.32. The molecule has 0 saturated carbocycles. The molecular weight excluding hydrogens is 304 g/mol. The molecule has 0 aliphatic carbocycles. The van der Waals surface area contributed by atoms with E-state index in [0.717, 1.165) is 34.1 Å². The fourth-order valence-corrected chi connectivity index (χ4v) is 2.59. The minimum absolute atomic E-state index is 0.182. The Balaban J connectivity index is 1.64. The van der Waals surface area contributed by atoms with Crippen LogP contribution in [0.5, 0.6) is 5.75 Å². The molecule has 1 heterocycles. The van der Waals surface area contributed by atoms with Crippen LogP contribution < -0.4 is 4.74 Å². The van der Waals surface area contributed by atoms with Gasteiger partial charge in [0.15, 0.2) is 0 Å². The van der Waals surface area contributed by atoms with Crippen molar-refractivity contribution in [2.75, 3.05) is 13.7 Å². The summed E-state index contributed by atoms with van der Waals surface area (Å²) in [5, 5.41) is 0.951. The van der Waals surface area contributed by atoms with Gasteiger partial charge < -0.3 is 13.9 Å². The smallest absolute Gasteiger partial charge is 0.315 e. The molecule has 0 radical (unpaired) electrons. The third-order valence-electron chi connectivity index (χ3n) is 3.90. The molecule has 2 aromatic carbocycles. The number of benzene rings is 2. The molecule has 0 spiro atoms. The Morgan fingerprint density at radius 1 is 1.12 bits per heavy atom. The Hall–Kier alpha value is -2.59. The summed E-state index contributed by atoms with van der Waals surface area (Å²) in [7, 11) is 1.68. The van der Waals surface area contributed by atoms with Crippen LogP contribution in [0.2, 0.25) is 0 Å². The molecule has 0 aliphatic rings. The van der Waals surface area contributed by atoms with Gasteiger partial charge in [-0.2, -0.15) is 0 Å². The zero-order valence-corrected chi connectivity index (χ0v) is 13.9. The summed E-state index contributed by atoms with van der Waals surface area (Å²) in [5.74, 6) is 0.243. The van der Waals surface area contributed by atoms with Crippen LogP contribution >= 0.6 is 0 Å². The molecule has 0 N–H and O–H groups in total. The van der Waals surface area contributed by atoms with Crippen LogP contribution in [0.3, 0.4) is 0 Å². The van der Waals surface area contributed by atoms with Gasteiger partial charge in [-0.3, -0.25) is 4.79 Å². The van der Waals surface area contributed by atoms with Crippen molar-refractivity contribution in [3.8, 4) is 5.75 Å². The predicted molar refractivity (Wildman–Crippen MR) is 92.3 cm³/mol. The minimum Gasteiger partial charge on any atom is -0.464 e. The van der Waals surface area contributed by atoms with Crippen molar-refractivity contribution in [3.63, 3.8) is 0 Å². The summed E-state index contributed by atoms with van der Waals surface area (Å²) in [5.41, 5.74) is 3.90. The number of carbonyl (C=O) groups is 1. The van der Waals surface area contributed by atoms with Crippen LogP contribution in [0.15, 0.2) is 53.1 Å². The Kier molecular flexibility index (Phi) is 4.96. The number of carbonyl (C=O) groups excluding carboxylic acids is 1. The van der Waals surface area contributed by atoms with Crippen LogP contribution in [0.4, 0.5) is 0 Å². The third kappa shape index (κ3) is 3.84. The highest BCUT2D eigenvalue weighted by Crippen LogP contribution is 2.23. The van der Waals surface area contributed by atoms with Gasteiger partial charge in [-0.25, -0.2) is 0 Å². The molecule has 1 aromatic heterocycles. The van der Waals surface area contributed by atoms with Crippen LogP contribution in [0.1, 0.15) is 16.7 Å². The maximum Gasteiger partial charge on any atom is 0.315 e. The van der Waals surface area contributed by atoms with Crippen molar-refractivity contribution >= 4 is 16.9 Å². The maximum atomic E-state index is 12.2. The number of methoxy groups -OCH3 is 1. The van der Waals surface area contributed by atoms with E-state index < -0.39 is 0 Å². The molecule has 0 bridgehead atoms. The van der Waals surface area contributed by atoms with Crippen molar-refractivity contribution in [3.05, 3.63) is 65.4 Å². The first-order valence-corrected chi connectivity index (χ1v) is 7.91. The summed E-state index contributed by atoms with van der Waals surface area (Å²) < 4.78 is 16.0. The number of aryl methyl sites for hydroxylation is 1. The summed E-state index contributed by atoms with van der Waals surface area (Å²) >= 11 is 0. The third-order valence-corrected chi connectivity index (χ3v) is 3.90. The SMILES string of the molecule is COCCc1ccc(OC(=O)Cc2coc3cc(C)ccc23)cc1. The van der Waals surface area contributed by atoms with Gasteiger partial charge in [-0.15, -0.1) is 0 Å². The molecule has 24 heavy (non-hydrogen) atoms. The first-order valence-electron chi connectivity index (χ1n) is 7.91. The van der Waals surface area contributed by atoms with Crippen LogP contribution in [-0.4, -0.2) is 19.7 Å². The summed E-state index contributed by atoms with van der Waals surface area (Å²) in [6.07, 6.45) is 2.64. The Labute approximate surface area is 141 Å². The van der Waals surface area contributed by atoms with Crippen LogP contribution in [0.25, 0.3) is 11.0 Å². The van der Waals surface area contributed by atoms with E-state index in [0.29, 0.717) is 12.4 Å². The Bertz CT molecular complexity index is 830. The predicted octanol–water partition coefficient (Wildman–Crippen LogP) is 4.08. The van der Waals surface area contributed by atoms with Gasteiger partial charge >= 0.3 is 5.97 Å². The number of furan rings is 1. The van der Waals surface area contributed by atoms with E-state index in [4.69, 9.17) is 13.9 Å². The summed E-state index contributed by atoms with van der Waals surface area (Å²) in [6, 6.07) is 13.4. The standard InChI is InChI=1S/C20H20O4/c1-14-3-8-18-16(13-23-19(18)11-14)12-20(21)24-17-6-4-15(5-7-17)9-10-22-2/h3-8,11,13H,9-10,12H2,1-2H3. The maximum absolute atomic E-state index is 12.2. The van der Waals surface area contributed by atoms with E-state index in [1.165, 1.54) is 0 Å². The van der Waals surface area contributed by atoms with E-state index in [1.54, 1.807) is 25.5 Å². The van der Waals surface area contributed by atoms with Crippen LogP contribution in [-0.2, 0) is 22.4 Å². The molecule has 0 fully saturated rings. The number of ether oxygens (including phenoxy) is 2. The van der Waals surface area contributed by atoms with E-state index >= 15 is 0 Å². The van der Waals surface area contributed by atoms with Gasteiger partial charge in [0.1, 0.15) is 11.3 Å². The van der Waals surface area contributed by atoms with Crippen LogP contribution in [0, 0.1) is 6.92 Å². The molecular formula is C20H20O4. The zero-order chi connectivity index (χ0) is 16.9. The molecule has 0 aliphatic heterocycles. The van der Waals surface area contributed by atoms with Crippen molar-refractivity contribution < 1.29 is 18.7 Å². The number of rotatable bonds is 6. The Morgan fingerprint density at radius 2 is 1.92 bits per heavy atom. The molecule has 4 nitrogen and oxygen atoms in total. The molecule has 0 amide bonds. The molecule has 4 heteroatoms. The molecule has 0 atom stereocenters. The lowest BCUT2D eigenvalue weighted by molar-refractivity contribution is -0.133. The fourth-order valence-electron chi connectivity index (χ4n) is 2.59. The second-order valence-corrected chi connectivity index (χ2v) is 5.80. The normalized spacial score (nSPS) is 10.9. The van der Waals surface area contributed by atoms with Crippen molar-refractivity contribution in [2.45, 2.75) is 19.8 Å². The van der Waals surface area contributed by atoms with Gasteiger partial charge in [-0.05, 0) is 42.7 Å². The highest BCUT2D eigenvalue weighted by Gasteiger charge is 2.12. The Morgan fingerprint density at radius 3 is 2.67 bits per heavy atom. The average molecular weight is 324 g/mol. The molecule has 0 saturated heterocycles. The van der Waals surface area contributed by atoms with E-state index in [1.807, 2.05) is 37.3 Å². The lowest BCUT2D eigenvalue weighted by atomic mass is 10.1. The van der Waals surface area contributed by atoms with Crippen molar-refractivity contribution in [1.82, 2.24) is 0 Å². The van der Waals surface area contributed by atoms with Gasteiger partial charge in [0.25, 0.3) is 0 Å². The first kappa shape index (κ1) is 16.3. The quantitative estimate of drug-likeness (QED) is 0.506. The molecule has 0 unspecified atom stereocenters. The van der Waals surface area contributed by atoms with E-state index in [2.05, 4.69) is 0 Å². The van der Waals surface area contributed by atoms with Gasteiger partial charge in [0, 0.05) is 18.1 Å². The fraction of sp³-hybridized carbons (Fsp3) is 0.250. The van der Waals surface area contributed by atoms with Crippen molar-refractivity contribution in [2.24, 2.45) is 0 Å². The van der Waals surface area contributed by atoms with Crippen molar-refractivity contribution in [1.29, 1.82) is 0 Å². The molecule has 3 aromatic rings. The monoisotopic (exact) mass is 324 g/mol. The lowest BCUT2D eigenvalue weighted by Crippen LogP contribution is -2.11. The lowest BCUT2D eigenvalue weighted by Gasteiger charge is -2.05. The number of esters is 1. The van der Waals surface area contributed by atoms with Gasteiger partial charge in [0.05, 0.1) is 19.3 Å². The summed E-state index contributed by atoms with van der Waals surface area (Å²) in [6.45, 7) is 2.68. The van der Waals surface area contributed by atoms with E-state index in [-0.39, 0.29) is 12.4 Å². The van der Waals surface area contributed by atoms with Gasteiger partial charge in [-0.1, -0.05) is 24.3 Å². The number of hydrogen-bond acceptors (Lipinski definition) is 4. The van der Waals surface area contributed by atoms with Gasteiger partial charge in [0.2, 0.25) is 0 Å². The molecule has 3 rings (SSSR count). The largest absolute Gasteiger partial charge is 0.464 e. The molecule has 124 valence electrons. The highest BCUT2D eigenvalue weighted by atomic mass is 16.5. The highest BCUT2D eigenvalue weighted by molar-refractivity contribution is 5.86. The minimum atomic E-state index is -0.303. The number of fused-ring (bicyclic) bond motifs is 1. The summed E-state index contributed by atoms with van der Waals surface area (Å²) in [4.78, 5) is 12.2. The number of hydrogen-bond donors (Lipinski definition) is 0. The second-order valence-electron chi connectivity index (χ2n) is 5.80. The topological polar surface area (TPSA) is 48.7 Å². The zero-order valence-electron chi connectivity index (χ0n) is 13.9.